The molecule has 0 bridgehead atoms. The molecule has 10 heteroatoms. The van der Waals surface area contributed by atoms with Gasteiger partial charge in [-0.25, -0.2) is 9.59 Å². The predicted octanol–water partition coefficient (Wildman–Crippen LogP) is 5.07. The van der Waals surface area contributed by atoms with Gasteiger partial charge in [0, 0.05) is 46.2 Å². The van der Waals surface area contributed by atoms with Crippen molar-refractivity contribution in [3.8, 4) is 11.5 Å². The van der Waals surface area contributed by atoms with Gasteiger partial charge in [-0.15, -0.1) is 0 Å². The second-order valence-corrected chi connectivity index (χ2v) is 12.0. The SMILES string of the molecule is COc1cc(CNC(=O)CCCC/C=C/C(C)C)ccc1OC(=O)N1CCN(C)CC1CN(C)C(=O)OC(C)(C)C. The van der Waals surface area contributed by atoms with Gasteiger partial charge in [-0.2, -0.15) is 0 Å². The van der Waals surface area contributed by atoms with Crippen LogP contribution in [0.1, 0.15) is 65.9 Å². The molecule has 0 aromatic heterocycles. The number of nitrogens with zero attached hydrogens (tertiary/aromatic N) is 3. The highest BCUT2D eigenvalue weighted by atomic mass is 16.6. The van der Waals surface area contributed by atoms with Gasteiger partial charge in [0.2, 0.25) is 5.91 Å². The number of hydrogen-bond donors (Lipinski definition) is 1. The molecule has 2 rings (SSSR count). The van der Waals surface area contributed by atoms with Crippen LogP contribution in [0.2, 0.25) is 0 Å². The summed E-state index contributed by atoms with van der Waals surface area (Å²) >= 11 is 0. The van der Waals surface area contributed by atoms with Crippen LogP contribution >= 0.6 is 0 Å². The molecule has 1 N–H and O–H groups in total. The maximum atomic E-state index is 13.3. The molecule has 0 radical (unpaired) electrons. The number of piperazine rings is 1. The Balaban J connectivity index is 1.94. The van der Waals surface area contributed by atoms with E-state index in [-0.39, 0.29) is 11.9 Å². The molecule has 230 valence electrons. The molecule has 1 fully saturated rings. The minimum Gasteiger partial charge on any atom is -0.493 e. The first-order valence-corrected chi connectivity index (χ1v) is 14.5. The zero-order valence-corrected chi connectivity index (χ0v) is 26.2. The Hall–Kier alpha value is -3.27. The topological polar surface area (TPSA) is 101 Å². The molecule has 0 saturated carbocycles. The molecule has 1 aromatic rings. The quantitative estimate of drug-likeness (QED) is 0.275. The van der Waals surface area contributed by atoms with Crippen LogP contribution in [0.25, 0.3) is 0 Å². The van der Waals surface area contributed by atoms with Crippen molar-refractivity contribution in [2.75, 3.05) is 47.4 Å². The van der Waals surface area contributed by atoms with Crippen molar-refractivity contribution in [2.45, 2.75) is 78.5 Å². The van der Waals surface area contributed by atoms with Crippen LogP contribution in [0.4, 0.5) is 9.59 Å². The average Bonchev–Trinajstić information content (AvgIpc) is 2.88. The summed E-state index contributed by atoms with van der Waals surface area (Å²) in [5, 5.41) is 2.95. The van der Waals surface area contributed by atoms with Crippen LogP contribution in [0, 0.1) is 5.92 Å². The number of likely N-dealkylation sites (N-methyl/N-ethyl adjacent to an activating group) is 2. The number of hydrogen-bond acceptors (Lipinski definition) is 7. The van der Waals surface area contributed by atoms with Crippen molar-refractivity contribution >= 4 is 18.1 Å². The first-order valence-electron chi connectivity index (χ1n) is 14.5. The standard InChI is InChI=1S/C31H50N4O6/c1-23(2)13-11-9-10-12-14-28(36)32-20-24-15-16-26(27(19-24)39-8)40-30(38)35-18-17-33(6)21-25(35)22-34(7)29(37)41-31(3,4)5/h11,13,15-16,19,23,25H,9-10,12,14,17-18,20-22H2,1-8H3,(H,32,36)/b13-11+. The number of carbonyl (C=O) groups excluding carboxylic acids is 3. The molecule has 0 spiro atoms. The lowest BCUT2D eigenvalue weighted by molar-refractivity contribution is -0.121. The third kappa shape index (κ3) is 12.4. The zero-order valence-electron chi connectivity index (χ0n) is 26.2. The number of amides is 3. The van der Waals surface area contributed by atoms with E-state index in [0.717, 1.165) is 24.8 Å². The van der Waals surface area contributed by atoms with Crippen LogP contribution in [0.15, 0.2) is 30.4 Å². The summed E-state index contributed by atoms with van der Waals surface area (Å²) in [4.78, 5) is 43.3. The maximum Gasteiger partial charge on any atom is 0.415 e. The smallest absolute Gasteiger partial charge is 0.415 e. The van der Waals surface area contributed by atoms with E-state index in [1.165, 1.54) is 12.0 Å². The van der Waals surface area contributed by atoms with E-state index in [0.29, 0.717) is 56.6 Å². The third-order valence-electron chi connectivity index (χ3n) is 6.57. The number of rotatable bonds is 12. The Bertz CT molecular complexity index is 1040. The summed E-state index contributed by atoms with van der Waals surface area (Å²) in [5.74, 6) is 1.25. The molecule has 1 aromatic carbocycles. The maximum absolute atomic E-state index is 13.3. The fourth-order valence-electron chi connectivity index (χ4n) is 4.40. The van der Waals surface area contributed by atoms with Crippen LogP contribution in [0.5, 0.6) is 11.5 Å². The Labute approximate surface area is 246 Å². The van der Waals surface area contributed by atoms with E-state index in [2.05, 4.69) is 36.2 Å². The van der Waals surface area contributed by atoms with Crippen molar-refractivity contribution in [2.24, 2.45) is 5.92 Å². The minimum absolute atomic E-state index is 0.00442. The highest BCUT2D eigenvalue weighted by molar-refractivity contribution is 5.76. The Morgan fingerprint density at radius 1 is 1.15 bits per heavy atom. The van der Waals surface area contributed by atoms with Crippen molar-refractivity contribution in [1.82, 2.24) is 20.0 Å². The molecule has 1 aliphatic rings. The highest BCUT2D eigenvalue weighted by Crippen LogP contribution is 2.29. The van der Waals surface area contributed by atoms with Crippen LogP contribution in [-0.2, 0) is 16.1 Å². The second-order valence-electron chi connectivity index (χ2n) is 12.0. The highest BCUT2D eigenvalue weighted by Gasteiger charge is 2.33. The van der Waals surface area contributed by atoms with E-state index < -0.39 is 17.8 Å². The lowest BCUT2D eigenvalue weighted by atomic mass is 10.1. The van der Waals surface area contributed by atoms with Gasteiger partial charge < -0.3 is 34.2 Å². The van der Waals surface area contributed by atoms with E-state index in [4.69, 9.17) is 14.2 Å². The van der Waals surface area contributed by atoms with Crippen molar-refractivity contribution in [3.05, 3.63) is 35.9 Å². The summed E-state index contributed by atoms with van der Waals surface area (Å²) in [6, 6.07) is 4.97. The molecule has 3 amide bonds. The fourth-order valence-corrected chi connectivity index (χ4v) is 4.40. The number of benzene rings is 1. The lowest BCUT2D eigenvalue weighted by Crippen LogP contribution is -2.58. The molecular weight excluding hydrogens is 524 g/mol. The molecule has 1 saturated heterocycles. The van der Waals surface area contributed by atoms with Crippen LogP contribution in [0.3, 0.4) is 0 Å². The van der Waals surface area contributed by atoms with Gasteiger partial charge in [-0.3, -0.25) is 4.79 Å². The number of carbonyl (C=O) groups is 3. The molecule has 1 atom stereocenters. The Morgan fingerprint density at radius 3 is 2.54 bits per heavy atom. The summed E-state index contributed by atoms with van der Waals surface area (Å²) in [6.45, 7) is 12.1. The largest absolute Gasteiger partial charge is 0.493 e. The van der Waals surface area contributed by atoms with Crippen LogP contribution < -0.4 is 14.8 Å². The molecule has 1 unspecified atom stereocenters. The molecule has 10 nitrogen and oxygen atoms in total. The first kappa shape index (κ1) is 33.9. The average molecular weight is 575 g/mol. The van der Waals surface area contributed by atoms with Gasteiger partial charge in [-0.1, -0.05) is 32.1 Å². The minimum atomic E-state index is -0.608. The number of nitrogens with one attached hydrogen (secondary N) is 1. The third-order valence-corrected chi connectivity index (χ3v) is 6.57. The number of unbranched alkanes of at least 4 members (excludes halogenated alkanes) is 2. The van der Waals surface area contributed by atoms with Crippen molar-refractivity contribution in [3.63, 3.8) is 0 Å². The van der Waals surface area contributed by atoms with Gasteiger partial charge >= 0.3 is 12.2 Å². The Morgan fingerprint density at radius 2 is 1.88 bits per heavy atom. The van der Waals surface area contributed by atoms with E-state index in [9.17, 15) is 14.4 Å². The normalized spacial score (nSPS) is 16.1. The molecule has 41 heavy (non-hydrogen) atoms. The molecule has 1 heterocycles. The number of methoxy groups -OCH3 is 1. The molecule has 0 aliphatic carbocycles. The fraction of sp³-hybridized carbons (Fsp3) is 0.645. The lowest BCUT2D eigenvalue weighted by Gasteiger charge is -2.40. The summed E-state index contributed by atoms with van der Waals surface area (Å²) in [5.41, 5.74) is 0.232. The molecule has 1 aliphatic heterocycles. The predicted molar refractivity (Wildman–Crippen MR) is 160 cm³/mol. The summed E-state index contributed by atoms with van der Waals surface area (Å²) < 4.78 is 16.7. The summed E-state index contributed by atoms with van der Waals surface area (Å²) in [6.07, 6.45) is 6.70. The summed E-state index contributed by atoms with van der Waals surface area (Å²) in [7, 11) is 5.16. The Kier molecular flexibility index (Phi) is 13.4. The molecular formula is C31H50N4O6. The van der Waals surface area contributed by atoms with E-state index >= 15 is 0 Å². The van der Waals surface area contributed by atoms with E-state index in [1.807, 2.05) is 27.8 Å². The van der Waals surface area contributed by atoms with Gasteiger partial charge in [0.05, 0.1) is 13.2 Å². The second kappa shape index (κ2) is 16.2. The van der Waals surface area contributed by atoms with Gasteiger partial charge in [0.15, 0.2) is 11.5 Å². The van der Waals surface area contributed by atoms with Gasteiger partial charge in [-0.05, 0) is 70.7 Å². The monoisotopic (exact) mass is 574 g/mol. The van der Waals surface area contributed by atoms with Crippen LogP contribution in [-0.4, -0.2) is 91.8 Å². The van der Waals surface area contributed by atoms with Gasteiger partial charge in [0.25, 0.3) is 0 Å². The van der Waals surface area contributed by atoms with Crippen molar-refractivity contribution in [1.29, 1.82) is 0 Å². The van der Waals surface area contributed by atoms with E-state index in [1.54, 1.807) is 30.1 Å². The zero-order chi connectivity index (χ0) is 30.6. The van der Waals surface area contributed by atoms with Gasteiger partial charge in [0.1, 0.15) is 5.60 Å². The number of ether oxygens (including phenoxy) is 3. The first-order chi connectivity index (χ1) is 19.3. The van der Waals surface area contributed by atoms with Crippen molar-refractivity contribution < 1.29 is 28.6 Å². The number of allylic oxidation sites excluding steroid dienone is 2.